The van der Waals surface area contributed by atoms with E-state index in [1.807, 2.05) is 33.2 Å². The molecule has 0 aliphatic rings. The number of anilines is 1. The topological polar surface area (TPSA) is 108 Å². The molecule has 0 atom stereocenters. The summed E-state index contributed by atoms with van der Waals surface area (Å²) in [6.07, 6.45) is 3.55. The van der Waals surface area contributed by atoms with Gasteiger partial charge in [0.15, 0.2) is 0 Å². The number of rotatable bonds is 6. The van der Waals surface area contributed by atoms with Crippen LogP contribution in [0.15, 0.2) is 42.7 Å². The number of hydrogen-bond acceptors (Lipinski definition) is 6. The van der Waals surface area contributed by atoms with Crippen molar-refractivity contribution in [3.8, 4) is 17.1 Å². The molecule has 1 aromatic carbocycles. The zero-order chi connectivity index (χ0) is 19.4. The highest BCUT2D eigenvalue weighted by Crippen LogP contribution is 2.23. The minimum absolute atomic E-state index is 0.0308. The predicted octanol–water partition coefficient (Wildman–Crippen LogP) is 2.18. The molecule has 3 aromatic rings. The van der Waals surface area contributed by atoms with E-state index in [4.69, 9.17) is 10.5 Å². The highest BCUT2D eigenvalue weighted by molar-refractivity contribution is 5.95. The van der Waals surface area contributed by atoms with E-state index in [0.29, 0.717) is 23.7 Å². The fourth-order valence-corrected chi connectivity index (χ4v) is 2.56. The van der Waals surface area contributed by atoms with Crippen LogP contribution in [0.1, 0.15) is 29.8 Å². The molecular weight excluding hydrogens is 344 g/mol. The molecule has 3 N–H and O–H groups in total. The molecule has 0 aliphatic heterocycles. The van der Waals surface area contributed by atoms with E-state index in [1.54, 1.807) is 35.1 Å². The van der Waals surface area contributed by atoms with Crippen LogP contribution in [0.25, 0.3) is 11.3 Å². The van der Waals surface area contributed by atoms with Crippen molar-refractivity contribution in [2.45, 2.75) is 26.5 Å². The number of amides is 1. The van der Waals surface area contributed by atoms with E-state index in [9.17, 15) is 4.79 Å². The van der Waals surface area contributed by atoms with Gasteiger partial charge in [0.05, 0.1) is 18.0 Å². The van der Waals surface area contributed by atoms with E-state index in [2.05, 4.69) is 20.4 Å². The summed E-state index contributed by atoms with van der Waals surface area (Å²) in [4.78, 5) is 20.8. The molecule has 8 nitrogen and oxygen atoms in total. The minimum atomic E-state index is -0.179. The number of carbonyl (C=O) groups is 1. The lowest BCUT2D eigenvalue weighted by molar-refractivity contribution is 0.0951. The van der Waals surface area contributed by atoms with E-state index < -0.39 is 0 Å². The lowest BCUT2D eigenvalue weighted by Gasteiger charge is -2.11. The van der Waals surface area contributed by atoms with Crippen LogP contribution in [-0.4, -0.2) is 31.8 Å². The first kappa shape index (κ1) is 18.4. The first-order chi connectivity index (χ1) is 12.9. The Hall–Kier alpha value is -3.42. The van der Waals surface area contributed by atoms with Crippen molar-refractivity contribution < 1.29 is 9.53 Å². The van der Waals surface area contributed by atoms with Gasteiger partial charge in [0.2, 0.25) is 11.8 Å². The van der Waals surface area contributed by atoms with Crippen LogP contribution < -0.4 is 15.8 Å². The molecule has 140 valence electrons. The molecule has 0 unspecified atom stereocenters. The highest BCUT2D eigenvalue weighted by Gasteiger charge is 2.11. The molecule has 3 rings (SSSR count). The summed E-state index contributed by atoms with van der Waals surface area (Å²) in [7, 11) is 1.83. The van der Waals surface area contributed by atoms with Crippen molar-refractivity contribution in [2.24, 2.45) is 7.05 Å². The number of benzene rings is 1. The third-order valence-corrected chi connectivity index (χ3v) is 3.71. The molecular formula is C19H22N6O2. The Morgan fingerprint density at radius 2 is 2.11 bits per heavy atom. The average molecular weight is 366 g/mol. The fraction of sp³-hybridized carbons (Fsp3) is 0.263. The highest BCUT2D eigenvalue weighted by atomic mass is 16.5. The second kappa shape index (κ2) is 7.86. The summed E-state index contributed by atoms with van der Waals surface area (Å²) in [6, 6.07) is 8.88. The van der Waals surface area contributed by atoms with E-state index >= 15 is 0 Å². The molecule has 2 heterocycles. The van der Waals surface area contributed by atoms with Crippen LogP contribution >= 0.6 is 0 Å². The van der Waals surface area contributed by atoms with Crippen LogP contribution in [0.4, 0.5) is 5.95 Å². The first-order valence-electron chi connectivity index (χ1n) is 8.58. The fourth-order valence-electron chi connectivity index (χ4n) is 2.56. The van der Waals surface area contributed by atoms with Crippen LogP contribution in [-0.2, 0) is 13.6 Å². The van der Waals surface area contributed by atoms with Gasteiger partial charge in [-0.15, -0.1) is 0 Å². The molecule has 0 saturated heterocycles. The maximum Gasteiger partial charge on any atom is 0.251 e. The van der Waals surface area contributed by atoms with Gasteiger partial charge < -0.3 is 15.8 Å². The maximum absolute atomic E-state index is 12.5. The van der Waals surface area contributed by atoms with Gasteiger partial charge in [-0.2, -0.15) is 10.1 Å². The number of nitrogens with one attached hydrogen (secondary N) is 1. The van der Waals surface area contributed by atoms with Crippen molar-refractivity contribution in [1.29, 1.82) is 0 Å². The number of nitrogens with zero attached hydrogens (tertiary/aromatic N) is 4. The van der Waals surface area contributed by atoms with Crippen molar-refractivity contribution in [2.75, 3.05) is 5.73 Å². The molecule has 0 saturated carbocycles. The molecule has 2 aromatic heterocycles. The number of ether oxygens (including phenoxy) is 1. The third kappa shape index (κ3) is 4.81. The zero-order valence-corrected chi connectivity index (χ0v) is 15.5. The zero-order valence-electron chi connectivity index (χ0n) is 15.5. The van der Waals surface area contributed by atoms with Crippen molar-refractivity contribution in [1.82, 2.24) is 25.1 Å². The monoisotopic (exact) mass is 366 g/mol. The molecule has 0 fully saturated rings. The first-order valence-corrected chi connectivity index (χ1v) is 8.58. The van der Waals surface area contributed by atoms with Gasteiger partial charge in [-0.25, -0.2) is 4.98 Å². The summed E-state index contributed by atoms with van der Waals surface area (Å²) in [6.45, 7) is 4.22. The SMILES string of the molecule is CC(C)Oc1cc(-c2cccc(C(=O)NCc3cnn(C)c3)c2)nc(N)n1. The van der Waals surface area contributed by atoms with E-state index in [1.165, 1.54) is 0 Å². The third-order valence-electron chi connectivity index (χ3n) is 3.71. The van der Waals surface area contributed by atoms with Gasteiger partial charge in [-0.05, 0) is 26.0 Å². The van der Waals surface area contributed by atoms with E-state index in [-0.39, 0.29) is 18.0 Å². The molecule has 1 amide bonds. The lowest BCUT2D eigenvalue weighted by Crippen LogP contribution is -2.22. The quantitative estimate of drug-likeness (QED) is 0.692. The maximum atomic E-state index is 12.5. The largest absolute Gasteiger partial charge is 0.475 e. The Morgan fingerprint density at radius 1 is 1.30 bits per heavy atom. The van der Waals surface area contributed by atoms with Crippen molar-refractivity contribution in [3.63, 3.8) is 0 Å². The number of hydrogen-bond donors (Lipinski definition) is 2. The molecule has 0 aliphatic carbocycles. The number of nitrogens with two attached hydrogens (primary N) is 1. The Labute approximate surface area is 157 Å². The predicted molar refractivity (Wildman–Crippen MR) is 102 cm³/mol. The number of nitrogen functional groups attached to an aromatic ring is 1. The summed E-state index contributed by atoms with van der Waals surface area (Å²) >= 11 is 0. The Morgan fingerprint density at radius 3 is 2.81 bits per heavy atom. The lowest BCUT2D eigenvalue weighted by atomic mass is 10.1. The standard InChI is InChI=1S/C19H22N6O2/c1-12(2)27-17-8-16(23-19(20)24-17)14-5-4-6-15(7-14)18(26)21-9-13-10-22-25(3)11-13/h4-8,10-12H,9H2,1-3H3,(H,21,26)(H2,20,23,24). The molecule has 8 heteroatoms. The Kier molecular flexibility index (Phi) is 5.35. The van der Waals surface area contributed by atoms with Gasteiger partial charge in [-0.1, -0.05) is 12.1 Å². The molecule has 27 heavy (non-hydrogen) atoms. The second-order valence-corrected chi connectivity index (χ2v) is 6.40. The average Bonchev–Trinajstić information content (AvgIpc) is 3.04. The van der Waals surface area contributed by atoms with Gasteiger partial charge in [0, 0.05) is 42.5 Å². The smallest absolute Gasteiger partial charge is 0.251 e. The normalized spacial score (nSPS) is 10.8. The minimum Gasteiger partial charge on any atom is -0.475 e. The molecule has 0 bridgehead atoms. The Bertz CT molecular complexity index is 951. The summed E-state index contributed by atoms with van der Waals surface area (Å²) in [5.41, 5.74) is 8.61. The summed E-state index contributed by atoms with van der Waals surface area (Å²) < 4.78 is 7.30. The number of aryl methyl sites for hydroxylation is 1. The van der Waals surface area contributed by atoms with Crippen molar-refractivity contribution >= 4 is 11.9 Å². The van der Waals surface area contributed by atoms with Crippen LogP contribution in [0, 0.1) is 0 Å². The number of carbonyl (C=O) groups excluding carboxylic acids is 1. The Balaban J connectivity index is 1.78. The second-order valence-electron chi connectivity index (χ2n) is 6.40. The molecule has 0 radical (unpaired) electrons. The summed E-state index contributed by atoms with van der Waals surface area (Å²) in [5, 5.41) is 6.97. The number of aromatic nitrogens is 4. The van der Waals surface area contributed by atoms with Gasteiger partial charge in [0.1, 0.15) is 0 Å². The van der Waals surface area contributed by atoms with Gasteiger partial charge >= 0.3 is 0 Å². The molecule has 0 spiro atoms. The van der Waals surface area contributed by atoms with Crippen LogP contribution in [0.2, 0.25) is 0 Å². The summed E-state index contributed by atoms with van der Waals surface area (Å²) in [5.74, 6) is 0.342. The van der Waals surface area contributed by atoms with Gasteiger partial charge in [-0.3, -0.25) is 9.48 Å². The van der Waals surface area contributed by atoms with Crippen LogP contribution in [0.5, 0.6) is 5.88 Å². The van der Waals surface area contributed by atoms with Crippen molar-refractivity contribution in [3.05, 3.63) is 53.9 Å². The van der Waals surface area contributed by atoms with E-state index in [0.717, 1.165) is 11.1 Å². The van der Waals surface area contributed by atoms with Gasteiger partial charge in [0.25, 0.3) is 5.91 Å². The van der Waals surface area contributed by atoms with Crippen LogP contribution in [0.3, 0.4) is 0 Å².